The summed E-state index contributed by atoms with van der Waals surface area (Å²) in [5.41, 5.74) is 0. The molecule has 740 valence electrons. The molecule has 0 unspecified atom stereocenters. The Morgan fingerprint density at radius 1 is 0.336 bits per heavy atom. The third-order valence-electron chi connectivity index (χ3n) is 23.4. The van der Waals surface area contributed by atoms with Gasteiger partial charge >= 0.3 is 5.97 Å². The van der Waals surface area contributed by atoms with Gasteiger partial charge in [0.25, 0.3) is 5.79 Å². The number of amides is 4. The molecule has 51 atom stereocenters. The van der Waals surface area contributed by atoms with Crippen molar-refractivity contribution in [2.24, 2.45) is 0 Å². The SMILES string of the molecule is CC(=O)N[C@@H]1[C@@H](O)[C@H](O[C@H]2O[C@H](CO)[C@@H](O[C@H]3O[C@H](CO[C@H]4O[C@H](CO)[C@@H](O)[C@H](O[C@H]5O[C@H](CO)[C@@H](O)[C@H](O)[C@@H]5O)[C@@H]4O)[C@@H](O)[C@H](O[C@@H]4O[C@H](CO)[C@@H](O)[C@H](O)[C@@H]4O[C@@H]4O[C@H](CO)[C@@H](O[C@@H]5O[C@H](CO)[C@H](O)[C@H](O[C@]6(C(=O)O)C[C@H](O)[C@@H](NC(C)=O)[C@H]([C@H](O)[C@H](O)CO)O6)[C@H]5O)[C@H](O)[C@H]4NC(C)=O)[C@@H]3O)[C@H](O)[C@H]2NC(C)=O)[C@@H](CO[C@H]2O[C@H](C)[C@H](O)[C@H](O)[C@H]2O)O[C@@H]1O. The van der Waals surface area contributed by atoms with E-state index in [9.17, 15) is 172 Å². The van der Waals surface area contributed by atoms with Gasteiger partial charge in [0.15, 0.2) is 56.6 Å². The van der Waals surface area contributed by atoms with Crippen LogP contribution >= 0.6 is 0 Å². The van der Waals surface area contributed by atoms with Gasteiger partial charge in [0.1, 0.15) is 232 Å². The number of aliphatic hydroxyl groups excluding tert-OH is 28. The summed E-state index contributed by atoms with van der Waals surface area (Å²) in [4.78, 5) is 64.5. The molecule has 0 aromatic heterocycles. The maximum atomic E-state index is 13.3. The van der Waals surface area contributed by atoms with Crippen LogP contribution in [0.25, 0.3) is 0 Å². The van der Waals surface area contributed by atoms with Crippen LogP contribution in [0.2, 0.25) is 0 Å². The minimum Gasteiger partial charge on any atom is -0.477 e. The van der Waals surface area contributed by atoms with E-state index in [1.165, 1.54) is 6.92 Å². The fourth-order valence-corrected chi connectivity index (χ4v) is 16.5. The topological polar surface area (TPSA) is 896 Å². The lowest BCUT2D eigenvalue weighted by molar-refractivity contribution is -0.400. The third-order valence-corrected chi connectivity index (χ3v) is 23.4. The first kappa shape index (κ1) is 106. The molecule has 10 saturated heterocycles. The van der Waals surface area contributed by atoms with Crippen LogP contribution in [0.4, 0.5) is 0 Å². The van der Waals surface area contributed by atoms with Gasteiger partial charge in [0.2, 0.25) is 23.6 Å². The number of ether oxygens (including phenoxy) is 19. The summed E-state index contributed by atoms with van der Waals surface area (Å²) < 4.78 is 112. The van der Waals surface area contributed by atoms with Crippen molar-refractivity contribution in [1.82, 2.24) is 21.3 Å². The Balaban J connectivity index is 0.956. The highest BCUT2D eigenvalue weighted by molar-refractivity contribution is 5.77. The highest BCUT2D eigenvalue weighted by Gasteiger charge is 2.64. The number of aliphatic carboxylic acids is 1. The third kappa shape index (κ3) is 23.1. The smallest absolute Gasteiger partial charge is 0.364 e. The van der Waals surface area contributed by atoms with Gasteiger partial charge in [-0.3, -0.25) is 19.2 Å². The molecule has 33 N–H and O–H groups in total. The average molecular weight is 1880 g/mol. The van der Waals surface area contributed by atoms with Gasteiger partial charge in [-0.05, 0) is 6.92 Å². The van der Waals surface area contributed by atoms with Gasteiger partial charge in [-0.2, -0.15) is 0 Å². The Morgan fingerprint density at radius 3 is 1.17 bits per heavy atom. The van der Waals surface area contributed by atoms with Crippen molar-refractivity contribution in [2.45, 2.75) is 353 Å². The first-order valence-electron chi connectivity index (χ1n) is 40.6. The second-order valence-electron chi connectivity index (χ2n) is 32.4. The Hall–Kier alpha value is -4.53. The van der Waals surface area contributed by atoms with Gasteiger partial charge in [-0.15, -0.1) is 0 Å². The minimum atomic E-state index is -3.32. The number of hydrogen-bond donors (Lipinski definition) is 33. The molecule has 128 heavy (non-hydrogen) atoms. The van der Waals surface area contributed by atoms with E-state index in [2.05, 4.69) is 21.3 Å². The van der Waals surface area contributed by atoms with Crippen molar-refractivity contribution in [3.63, 3.8) is 0 Å². The zero-order valence-electron chi connectivity index (χ0n) is 68.7. The predicted molar refractivity (Wildman–Crippen MR) is 392 cm³/mol. The molecule has 0 aromatic rings. The minimum absolute atomic E-state index is 0.853. The van der Waals surface area contributed by atoms with E-state index in [0.29, 0.717) is 0 Å². The lowest BCUT2D eigenvalue weighted by Crippen LogP contribution is -2.71. The van der Waals surface area contributed by atoms with Crippen LogP contribution in [-0.4, -0.2) is 550 Å². The molecule has 0 aromatic carbocycles. The molecule has 0 bridgehead atoms. The van der Waals surface area contributed by atoms with Crippen LogP contribution in [0.5, 0.6) is 0 Å². The number of carbonyl (C=O) groups is 5. The largest absolute Gasteiger partial charge is 0.477 e. The van der Waals surface area contributed by atoms with Crippen LogP contribution in [0.15, 0.2) is 0 Å². The summed E-state index contributed by atoms with van der Waals surface area (Å²) in [6.45, 7) is -5.48. The summed E-state index contributed by atoms with van der Waals surface area (Å²) in [5.74, 6) is -9.30. The molecule has 0 radical (unpaired) electrons. The molecule has 10 aliphatic rings. The fraction of sp³-hybridized carbons (Fsp3) is 0.930. The molecule has 0 saturated carbocycles. The molecule has 10 heterocycles. The van der Waals surface area contributed by atoms with Gasteiger partial charge in [-0.1, -0.05) is 0 Å². The van der Waals surface area contributed by atoms with E-state index < -0.39 is 408 Å². The van der Waals surface area contributed by atoms with E-state index in [0.717, 1.165) is 27.7 Å². The first-order chi connectivity index (χ1) is 60.3. The molecular formula is C71H118N4O53. The number of rotatable bonds is 34. The van der Waals surface area contributed by atoms with Gasteiger partial charge in [0.05, 0.1) is 77.7 Å². The second kappa shape index (κ2) is 45.4. The van der Waals surface area contributed by atoms with Crippen LogP contribution in [0.1, 0.15) is 41.0 Å². The normalized spacial score (nSPS) is 48.4. The Bertz CT molecular complexity index is 3530. The van der Waals surface area contributed by atoms with E-state index in [4.69, 9.17) is 90.0 Å². The zero-order chi connectivity index (χ0) is 94.6. The lowest BCUT2D eigenvalue weighted by Gasteiger charge is -2.51. The Kier molecular flexibility index (Phi) is 37.4. The molecule has 57 nitrogen and oxygen atoms in total. The summed E-state index contributed by atoms with van der Waals surface area (Å²) in [7, 11) is 0. The van der Waals surface area contributed by atoms with E-state index >= 15 is 0 Å². The predicted octanol–water partition coefficient (Wildman–Crippen LogP) is -22.0. The van der Waals surface area contributed by atoms with E-state index in [-0.39, 0.29) is 0 Å². The number of carbonyl (C=O) groups excluding carboxylic acids is 4. The molecule has 10 fully saturated rings. The second-order valence-corrected chi connectivity index (χ2v) is 32.4. The lowest BCUT2D eigenvalue weighted by atomic mass is 9.88. The van der Waals surface area contributed by atoms with Crippen LogP contribution in [0, 0.1) is 0 Å². The maximum absolute atomic E-state index is 13.3. The summed E-state index contributed by atoms with van der Waals surface area (Å²) in [5, 5.41) is 333. The van der Waals surface area contributed by atoms with Gasteiger partial charge < -0.3 is 259 Å². The average Bonchev–Trinajstić information content (AvgIpc) is 0.752. The van der Waals surface area contributed by atoms with Crippen molar-refractivity contribution in [2.75, 3.05) is 59.5 Å². The van der Waals surface area contributed by atoms with E-state index in [1.807, 2.05) is 0 Å². The number of carboxylic acids is 1. The Labute approximate surface area is 723 Å². The number of nitrogens with one attached hydrogen (secondary N) is 4. The van der Waals surface area contributed by atoms with E-state index in [1.54, 1.807) is 0 Å². The quantitative estimate of drug-likeness (QED) is 0.0284. The maximum Gasteiger partial charge on any atom is 0.364 e. The first-order valence-corrected chi connectivity index (χ1v) is 40.6. The molecule has 0 aliphatic carbocycles. The monoisotopic (exact) mass is 1870 g/mol. The number of aliphatic hydroxyl groups is 28. The number of carboxylic acid groups (broad SMARTS) is 1. The standard InChI is InChI=1S/C71H118N4O53/c1-16-35(89)45(99)48(102)64(112-16)111-15-30-55(42(96)32(61(107)113-30)73-18(3)84)121-62-33(74-19(4)85)43(97)53(27(12-81)118-62)122-67-51(105)58(41(95)29(120-67)14-110-65-50(104)57(39(93)25(10-79)114-65)124-66-49(103)46(100)37(91)23(8-77)115-66)125-69-60(47(101)38(92)24(9-78)117-69)126-63-34(75-20(5)86)44(98)54(28(13-82)119-63)123-68-52(106)59(40(94)26(11-80)116-68)128-71(70(108)109)6-21(87)31(72-17(2)83)56(127-71)36(90)22(88)7-76/h16,21-69,76-82,87-107H,6-15H2,1-5H3,(H,72,83)(H,73,84)(H,74,85)(H,75,86)(H,108,109)/t16-,21+,22-,23-,24-,25-,26-,27-,28-,29-,30-,31-,32-,33-,34-,35+,36-,37-,38-,39-,40+,41-,42-,43-,44-,45+,46+,47+,48-,49+,50+,51+,52-,53-,54-,55-,56-,57+,58+,59+,60+,61+,62-,63+,64+,65+,66-,67-,68+,69+,71+/m1/s1. The van der Waals surface area contributed by atoms with Crippen molar-refractivity contribution in [3.05, 3.63) is 0 Å². The molecule has 57 heteroatoms. The molecule has 10 aliphatic heterocycles. The molecular weight excluding hydrogens is 1760 g/mol. The number of hydrogen-bond acceptors (Lipinski definition) is 52. The summed E-state index contributed by atoms with van der Waals surface area (Å²) in [6, 6.07) is -7.70. The van der Waals surface area contributed by atoms with Crippen molar-refractivity contribution >= 4 is 29.6 Å². The van der Waals surface area contributed by atoms with Crippen LogP contribution in [0.3, 0.4) is 0 Å². The highest BCUT2D eigenvalue weighted by atomic mass is 16.8. The zero-order valence-corrected chi connectivity index (χ0v) is 68.7. The van der Waals surface area contributed by atoms with Crippen LogP contribution < -0.4 is 21.3 Å². The van der Waals surface area contributed by atoms with Crippen molar-refractivity contribution in [3.8, 4) is 0 Å². The highest BCUT2D eigenvalue weighted by Crippen LogP contribution is 2.43. The Morgan fingerprint density at radius 2 is 0.680 bits per heavy atom. The molecule has 10 rings (SSSR count). The summed E-state index contributed by atoms with van der Waals surface area (Å²) in [6.07, 6.45) is -100. The van der Waals surface area contributed by atoms with Gasteiger partial charge in [0, 0.05) is 34.1 Å². The van der Waals surface area contributed by atoms with Crippen molar-refractivity contribution < 1.29 is 262 Å². The molecule has 4 amide bonds. The van der Waals surface area contributed by atoms with Crippen LogP contribution in [-0.2, 0) is 114 Å². The fourth-order valence-electron chi connectivity index (χ4n) is 16.5. The van der Waals surface area contributed by atoms with Gasteiger partial charge in [-0.25, -0.2) is 4.79 Å². The summed E-state index contributed by atoms with van der Waals surface area (Å²) >= 11 is 0. The molecule has 0 spiro atoms. The van der Waals surface area contributed by atoms with Crippen molar-refractivity contribution in [1.29, 1.82) is 0 Å².